The first kappa shape index (κ1) is 23.2. The summed E-state index contributed by atoms with van der Waals surface area (Å²) >= 11 is 0. The number of halogens is 1. The monoisotopic (exact) mass is 532 g/mol. The Labute approximate surface area is 200 Å². The lowest BCUT2D eigenvalue weighted by molar-refractivity contribution is 0.169. The fourth-order valence-corrected chi connectivity index (χ4v) is 3.73. The van der Waals surface area contributed by atoms with Crippen molar-refractivity contribution in [1.29, 1.82) is 0 Å². The molecule has 0 spiro atoms. The Morgan fingerprint density at radius 2 is 1.94 bits per heavy atom. The highest BCUT2D eigenvalue weighted by molar-refractivity contribution is 14.0. The number of rotatable bonds is 5. The Morgan fingerprint density at radius 1 is 1.10 bits per heavy atom. The Morgan fingerprint density at radius 3 is 2.61 bits per heavy atom. The molecule has 3 aromatic rings. The maximum absolute atomic E-state index is 5.17. The third kappa shape index (κ3) is 6.27. The van der Waals surface area contributed by atoms with Gasteiger partial charge < -0.3 is 14.7 Å². The van der Waals surface area contributed by atoms with Crippen molar-refractivity contribution < 1.29 is 4.52 Å². The first-order valence-corrected chi connectivity index (χ1v) is 10.3. The van der Waals surface area contributed by atoms with Crippen LogP contribution < -0.4 is 5.32 Å². The zero-order chi connectivity index (χ0) is 20.8. The summed E-state index contributed by atoms with van der Waals surface area (Å²) in [6.45, 7) is 7.30. The second-order valence-electron chi connectivity index (χ2n) is 7.51. The van der Waals surface area contributed by atoms with Crippen LogP contribution in [-0.2, 0) is 13.1 Å². The Kier molecular flexibility index (Phi) is 8.42. The van der Waals surface area contributed by atoms with Gasteiger partial charge in [-0.05, 0) is 30.7 Å². The van der Waals surface area contributed by atoms with E-state index in [1.165, 1.54) is 5.56 Å². The first-order chi connectivity index (χ1) is 14.7. The van der Waals surface area contributed by atoms with Crippen molar-refractivity contribution in [3.63, 3.8) is 0 Å². The van der Waals surface area contributed by atoms with Gasteiger partial charge in [-0.3, -0.25) is 14.9 Å². The minimum atomic E-state index is 0. The van der Waals surface area contributed by atoms with Gasteiger partial charge in [-0.25, -0.2) is 0 Å². The Balaban J connectivity index is 0.00000272. The zero-order valence-electron chi connectivity index (χ0n) is 18.0. The number of aliphatic imine (C=N–C) groups is 1. The van der Waals surface area contributed by atoms with Crippen molar-refractivity contribution in [1.82, 2.24) is 25.3 Å². The van der Waals surface area contributed by atoms with Gasteiger partial charge in [0.1, 0.15) is 5.76 Å². The predicted octanol–water partition coefficient (Wildman–Crippen LogP) is 3.56. The number of hydrogen-bond donors (Lipinski definition) is 1. The van der Waals surface area contributed by atoms with E-state index in [0.29, 0.717) is 0 Å². The summed E-state index contributed by atoms with van der Waals surface area (Å²) in [6, 6.07) is 16.5. The number of nitrogens with zero attached hydrogens (tertiary/aromatic N) is 5. The maximum atomic E-state index is 5.17. The average Bonchev–Trinajstić information content (AvgIpc) is 3.20. The second-order valence-corrected chi connectivity index (χ2v) is 7.51. The van der Waals surface area contributed by atoms with Gasteiger partial charge in [0, 0.05) is 64.1 Å². The SMILES string of the molecule is CN=C(NCc1cccc(-c2ccccn2)c1)N1CCN(Cc2cc(C)on2)CC1.I. The van der Waals surface area contributed by atoms with Crippen molar-refractivity contribution in [2.24, 2.45) is 4.99 Å². The number of guanidine groups is 1. The van der Waals surface area contributed by atoms with E-state index in [4.69, 9.17) is 4.52 Å². The molecule has 3 heterocycles. The summed E-state index contributed by atoms with van der Waals surface area (Å²) in [7, 11) is 1.84. The molecule has 1 saturated heterocycles. The van der Waals surface area contributed by atoms with Gasteiger partial charge in [-0.2, -0.15) is 0 Å². The number of piperazine rings is 1. The van der Waals surface area contributed by atoms with Crippen LogP contribution in [0.1, 0.15) is 17.0 Å². The molecule has 1 aliphatic heterocycles. The van der Waals surface area contributed by atoms with Gasteiger partial charge in [0.25, 0.3) is 0 Å². The largest absolute Gasteiger partial charge is 0.361 e. The number of benzene rings is 1. The molecule has 0 atom stereocenters. The topological polar surface area (TPSA) is 69.8 Å². The molecule has 0 amide bonds. The fourth-order valence-electron chi connectivity index (χ4n) is 3.73. The van der Waals surface area contributed by atoms with Gasteiger partial charge in [-0.15, -0.1) is 24.0 Å². The Bertz CT molecular complexity index is 982. The highest BCUT2D eigenvalue weighted by Crippen LogP contribution is 2.17. The molecule has 0 radical (unpaired) electrons. The third-order valence-electron chi connectivity index (χ3n) is 5.28. The van der Waals surface area contributed by atoms with Crippen molar-refractivity contribution >= 4 is 29.9 Å². The quantitative estimate of drug-likeness (QED) is 0.308. The van der Waals surface area contributed by atoms with Crippen LogP contribution >= 0.6 is 24.0 Å². The fraction of sp³-hybridized carbons (Fsp3) is 0.348. The molecule has 0 aliphatic carbocycles. The van der Waals surface area contributed by atoms with Gasteiger partial charge in [0.05, 0.1) is 11.4 Å². The summed E-state index contributed by atoms with van der Waals surface area (Å²) in [5.74, 6) is 1.80. The molecule has 7 nitrogen and oxygen atoms in total. The second kappa shape index (κ2) is 11.2. The lowest BCUT2D eigenvalue weighted by Gasteiger charge is -2.36. The van der Waals surface area contributed by atoms with Crippen LogP contribution in [0.4, 0.5) is 0 Å². The number of aryl methyl sites for hydroxylation is 1. The number of pyridine rings is 1. The molecule has 1 aliphatic rings. The van der Waals surface area contributed by atoms with Crippen LogP contribution in [0, 0.1) is 6.92 Å². The molecule has 31 heavy (non-hydrogen) atoms. The number of aromatic nitrogens is 2. The minimum absolute atomic E-state index is 0. The summed E-state index contributed by atoms with van der Waals surface area (Å²) in [6.07, 6.45) is 1.82. The summed E-state index contributed by atoms with van der Waals surface area (Å²) in [4.78, 5) is 13.7. The molecule has 0 unspecified atom stereocenters. The number of nitrogens with one attached hydrogen (secondary N) is 1. The van der Waals surface area contributed by atoms with E-state index in [-0.39, 0.29) is 24.0 Å². The predicted molar refractivity (Wildman–Crippen MR) is 133 cm³/mol. The van der Waals surface area contributed by atoms with E-state index in [0.717, 1.165) is 67.9 Å². The van der Waals surface area contributed by atoms with E-state index in [1.807, 2.05) is 44.4 Å². The highest BCUT2D eigenvalue weighted by Gasteiger charge is 2.20. The third-order valence-corrected chi connectivity index (χ3v) is 5.28. The van der Waals surface area contributed by atoms with Crippen molar-refractivity contribution in [3.8, 4) is 11.3 Å². The highest BCUT2D eigenvalue weighted by atomic mass is 127. The van der Waals surface area contributed by atoms with Crippen LogP contribution in [0.5, 0.6) is 0 Å². The van der Waals surface area contributed by atoms with E-state index < -0.39 is 0 Å². The molecule has 0 saturated carbocycles. The first-order valence-electron chi connectivity index (χ1n) is 10.3. The lowest BCUT2D eigenvalue weighted by atomic mass is 10.1. The van der Waals surface area contributed by atoms with Crippen LogP contribution in [0.15, 0.2) is 64.2 Å². The molecule has 1 aromatic carbocycles. The minimum Gasteiger partial charge on any atom is -0.361 e. The molecular weight excluding hydrogens is 503 g/mol. The molecule has 4 rings (SSSR count). The summed E-state index contributed by atoms with van der Waals surface area (Å²) in [5, 5.41) is 7.61. The van der Waals surface area contributed by atoms with E-state index in [1.54, 1.807) is 0 Å². The normalized spacial score (nSPS) is 14.9. The van der Waals surface area contributed by atoms with Crippen molar-refractivity contribution in [3.05, 3.63) is 71.7 Å². The molecular formula is C23H29IN6O. The van der Waals surface area contributed by atoms with Gasteiger partial charge in [0.15, 0.2) is 5.96 Å². The van der Waals surface area contributed by atoms with Crippen molar-refractivity contribution in [2.75, 3.05) is 33.2 Å². The molecule has 1 fully saturated rings. The molecule has 2 aromatic heterocycles. The standard InChI is InChI=1S/C23H28N6O.HI/c1-18-14-21(27-30-18)17-28-10-12-29(13-11-28)23(24-2)26-16-19-6-5-7-20(15-19)22-8-3-4-9-25-22;/h3-9,14-15H,10-13,16-17H2,1-2H3,(H,24,26);1H. The van der Waals surface area contributed by atoms with Crippen molar-refractivity contribution in [2.45, 2.75) is 20.0 Å². The smallest absolute Gasteiger partial charge is 0.194 e. The van der Waals surface area contributed by atoms with E-state index in [2.05, 4.69) is 54.5 Å². The average molecular weight is 532 g/mol. The summed E-state index contributed by atoms with van der Waals surface area (Å²) < 4.78 is 5.17. The van der Waals surface area contributed by atoms with Crippen LogP contribution in [-0.4, -0.2) is 59.1 Å². The van der Waals surface area contributed by atoms with Crippen LogP contribution in [0.2, 0.25) is 0 Å². The maximum Gasteiger partial charge on any atom is 0.194 e. The molecule has 164 valence electrons. The zero-order valence-corrected chi connectivity index (χ0v) is 20.3. The van der Waals surface area contributed by atoms with Crippen LogP contribution in [0.3, 0.4) is 0 Å². The van der Waals surface area contributed by atoms with Gasteiger partial charge in [0.2, 0.25) is 0 Å². The molecule has 0 bridgehead atoms. The summed E-state index contributed by atoms with van der Waals surface area (Å²) in [5.41, 5.74) is 4.32. The lowest BCUT2D eigenvalue weighted by Crippen LogP contribution is -2.52. The Hall–Kier alpha value is -2.46. The van der Waals surface area contributed by atoms with Gasteiger partial charge in [-0.1, -0.05) is 29.4 Å². The van der Waals surface area contributed by atoms with E-state index >= 15 is 0 Å². The van der Waals surface area contributed by atoms with E-state index in [9.17, 15) is 0 Å². The van der Waals surface area contributed by atoms with Gasteiger partial charge >= 0.3 is 0 Å². The number of hydrogen-bond acceptors (Lipinski definition) is 5. The molecule has 1 N–H and O–H groups in total. The molecule has 8 heteroatoms. The van der Waals surface area contributed by atoms with Crippen LogP contribution in [0.25, 0.3) is 11.3 Å².